The van der Waals surface area contributed by atoms with E-state index in [1.54, 1.807) is 0 Å². The van der Waals surface area contributed by atoms with E-state index in [9.17, 15) is 5.11 Å². The Labute approximate surface area is 90.9 Å². The first-order valence-electron chi connectivity index (χ1n) is 5.46. The zero-order chi connectivity index (χ0) is 11.1. The lowest BCUT2D eigenvalue weighted by atomic mass is 9.86. The molecule has 1 saturated heterocycles. The molecular formula is C13H18O2. The van der Waals surface area contributed by atoms with Crippen molar-refractivity contribution in [1.29, 1.82) is 0 Å². The van der Waals surface area contributed by atoms with Crippen LogP contribution in [0.3, 0.4) is 0 Å². The number of rotatable bonds is 1. The van der Waals surface area contributed by atoms with Crippen molar-refractivity contribution in [1.82, 2.24) is 0 Å². The number of hydrogen-bond donors (Lipinski definition) is 1. The lowest BCUT2D eigenvalue weighted by Gasteiger charge is -2.27. The van der Waals surface area contributed by atoms with Gasteiger partial charge >= 0.3 is 0 Å². The van der Waals surface area contributed by atoms with Crippen molar-refractivity contribution in [3.8, 4) is 0 Å². The van der Waals surface area contributed by atoms with Gasteiger partial charge in [0, 0.05) is 6.42 Å². The van der Waals surface area contributed by atoms with Gasteiger partial charge < -0.3 is 9.84 Å². The summed E-state index contributed by atoms with van der Waals surface area (Å²) in [7, 11) is 0. The molecule has 0 bridgehead atoms. The molecule has 1 heterocycles. The van der Waals surface area contributed by atoms with Gasteiger partial charge in [-0.1, -0.05) is 18.2 Å². The van der Waals surface area contributed by atoms with E-state index in [-0.39, 0.29) is 6.10 Å². The lowest BCUT2D eigenvalue weighted by Crippen LogP contribution is -2.33. The number of hydrogen-bond acceptors (Lipinski definition) is 2. The topological polar surface area (TPSA) is 29.5 Å². The first kappa shape index (κ1) is 10.7. The van der Waals surface area contributed by atoms with Crippen LogP contribution < -0.4 is 0 Å². The molecule has 2 heteroatoms. The molecule has 2 unspecified atom stereocenters. The van der Waals surface area contributed by atoms with Gasteiger partial charge in [-0.25, -0.2) is 0 Å². The summed E-state index contributed by atoms with van der Waals surface area (Å²) in [4.78, 5) is 0. The standard InChI is InChI=1S/C13H18O2/c1-9-4-5-12(8-10(9)2)13(14)6-7-15-11(13)3/h4-5,8,11,14H,6-7H2,1-3H3. The summed E-state index contributed by atoms with van der Waals surface area (Å²) in [5.74, 6) is 0. The predicted octanol–water partition coefficient (Wildman–Crippen LogP) is 2.30. The molecule has 1 aromatic carbocycles. The fraction of sp³-hybridized carbons (Fsp3) is 0.538. The molecule has 2 nitrogen and oxygen atoms in total. The molecule has 1 aliphatic heterocycles. The molecule has 1 fully saturated rings. The summed E-state index contributed by atoms with van der Waals surface area (Å²) in [6, 6.07) is 6.14. The molecule has 0 spiro atoms. The summed E-state index contributed by atoms with van der Waals surface area (Å²) in [6.07, 6.45) is 0.580. The summed E-state index contributed by atoms with van der Waals surface area (Å²) in [5, 5.41) is 10.5. The maximum absolute atomic E-state index is 10.5. The normalized spacial score (nSPS) is 30.8. The number of ether oxygens (including phenoxy) is 1. The van der Waals surface area contributed by atoms with E-state index in [1.165, 1.54) is 11.1 Å². The molecule has 15 heavy (non-hydrogen) atoms. The second kappa shape index (κ2) is 3.62. The lowest BCUT2D eigenvalue weighted by molar-refractivity contribution is -0.0317. The Morgan fingerprint density at radius 1 is 1.33 bits per heavy atom. The maximum atomic E-state index is 10.5. The van der Waals surface area contributed by atoms with Gasteiger partial charge in [0.05, 0.1) is 12.7 Å². The highest BCUT2D eigenvalue weighted by Gasteiger charge is 2.41. The van der Waals surface area contributed by atoms with E-state index in [4.69, 9.17) is 4.74 Å². The van der Waals surface area contributed by atoms with E-state index in [1.807, 2.05) is 13.0 Å². The van der Waals surface area contributed by atoms with Gasteiger partial charge in [-0.2, -0.15) is 0 Å². The molecule has 1 N–H and O–H groups in total. The minimum Gasteiger partial charge on any atom is -0.382 e. The molecule has 2 rings (SSSR count). The average molecular weight is 206 g/mol. The van der Waals surface area contributed by atoms with E-state index < -0.39 is 5.60 Å². The van der Waals surface area contributed by atoms with E-state index in [0.717, 1.165) is 5.56 Å². The molecule has 0 aliphatic carbocycles. The molecule has 1 aromatic rings. The molecule has 0 aromatic heterocycles. The third-order valence-corrected chi connectivity index (χ3v) is 3.53. The van der Waals surface area contributed by atoms with Crippen molar-refractivity contribution >= 4 is 0 Å². The maximum Gasteiger partial charge on any atom is 0.118 e. The van der Waals surface area contributed by atoms with E-state index in [0.29, 0.717) is 13.0 Å². The van der Waals surface area contributed by atoms with Crippen LogP contribution in [0.25, 0.3) is 0 Å². The van der Waals surface area contributed by atoms with Gasteiger partial charge in [-0.15, -0.1) is 0 Å². The van der Waals surface area contributed by atoms with Crippen LogP contribution in [0.15, 0.2) is 18.2 Å². The summed E-state index contributed by atoms with van der Waals surface area (Å²) in [6.45, 7) is 6.73. The van der Waals surface area contributed by atoms with Crippen LogP contribution in [0.5, 0.6) is 0 Å². The highest BCUT2D eigenvalue weighted by Crippen LogP contribution is 2.36. The van der Waals surface area contributed by atoms with Crippen molar-refractivity contribution in [2.75, 3.05) is 6.61 Å². The van der Waals surface area contributed by atoms with Crippen molar-refractivity contribution in [2.45, 2.75) is 38.9 Å². The van der Waals surface area contributed by atoms with Gasteiger partial charge in [0.15, 0.2) is 0 Å². The van der Waals surface area contributed by atoms with Crippen LogP contribution in [-0.2, 0) is 10.3 Å². The minimum absolute atomic E-state index is 0.111. The number of aliphatic hydroxyl groups is 1. The third kappa shape index (κ3) is 1.68. The van der Waals surface area contributed by atoms with Gasteiger partial charge in [0.25, 0.3) is 0 Å². The van der Waals surface area contributed by atoms with E-state index in [2.05, 4.69) is 26.0 Å². The fourth-order valence-electron chi connectivity index (χ4n) is 2.12. The first-order valence-corrected chi connectivity index (χ1v) is 5.46. The Balaban J connectivity index is 2.40. The highest BCUT2D eigenvalue weighted by atomic mass is 16.5. The summed E-state index contributed by atoms with van der Waals surface area (Å²) in [5.41, 5.74) is 2.67. The van der Waals surface area contributed by atoms with Crippen molar-refractivity contribution in [3.63, 3.8) is 0 Å². The molecule has 1 aliphatic rings. The predicted molar refractivity (Wildman–Crippen MR) is 59.8 cm³/mol. The molecular weight excluding hydrogens is 188 g/mol. The fourth-order valence-corrected chi connectivity index (χ4v) is 2.12. The van der Waals surface area contributed by atoms with Crippen LogP contribution in [-0.4, -0.2) is 17.8 Å². The second-order valence-electron chi connectivity index (χ2n) is 4.49. The Bertz CT molecular complexity index is 373. The van der Waals surface area contributed by atoms with Crippen LogP contribution in [0.2, 0.25) is 0 Å². The van der Waals surface area contributed by atoms with Gasteiger partial charge in [0.2, 0.25) is 0 Å². The average Bonchev–Trinajstić information content (AvgIpc) is 2.53. The highest BCUT2D eigenvalue weighted by molar-refractivity contribution is 5.34. The molecule has 0 amide bonds. The Hall–Kier alpha value is -0.860. The summed E-state index contributed by atoms with van der Waals surface area (Å²) >= 11 is 0. The minimum atomic E-state index is -0.793. The largest absolute Gasteiger partial charge is 0.382 e. The quantitative estimate of drug-likeness (QED) is 0.764. The zero-order valence-electron chi connectivity index (χ0n) is 9.58. The van der Waals surface area contributed by atoms with Gasteiger partial charge in [-0.05, 0) is 37.5 Å². The van der Waals surface area contributed by atoms with Crippen molar-refractivity contribution < 1.29 is 9.84 Å². The Morgan fingerprint density at radius 2 is 2.07 bits per heavy atom. The SMILES string of the molecule is Cc1ccc(C2(O)CCOC2C)cc1C. The molecule has 0 radical (unpaired) electrons. The smallest absolute Gasteiger partial charge is 0.118 e. The Kier molecular flexibility index (Phi) is 2.57. The zero-order valence-corrected chi connectivity index (χ0v) is 9.58. The molecule has 0 saturated carbocycles. The monoisotopic (exact) mass is 206 g/mol. The van der Waals surface area contributed by atoms with Crippen molar-refractivity contribution in [3.05, 3.63) is 34.9 Å². The van der Waals surface area contributed by atoms with Gasteiger partial charge in [0.1, 0.15) is 5.60 Å². The third-order valence-electron chi connectivity index (χ3n) is 3.53. The first-order chi connectivity index (χ1) is 7.04. The second-order valence-corrected chi connectivity index (χ2v) is 4.49. The van der Waals surface area contributed by atoms with Gasteiger partial charge in [-0.3, -0.25) is 0 Å². The van der Waals surface area contributed by atoms with Crippen LogP contribution >= 0.6 is 0 Å². The van der Waals surface area contributed by atoms with Crippen LogP contribution in [0.4, 0.5) is 0 Å². The molecule has 2 atom stereocenters. The summed E-state index contributed by atoms with van der Waals surface area (Å²) < 4.78 is 5.44. The number of aryl methyl sites for hydroxylation is 2. The molecule has 82 valence electrons. The van der Waals surface area contributed by atoms with Crippen molar-refractivity contribution in [2.24, 2.45) is 0 Å². The number of benzene rings is 1. The van der Waals surface area contributed by atoms with E-state index >= 15 is 0 Å². The van der Waals surface area contributed by atoms with Crippen LogP contribution in [0.1, 0.15) is 30.0 Å². The van der Waals surface area contributed by atoms with Crippen LogP contribution in [0, 0.1) is 13.8 Å². The Morgan fingerprint density at radius 3 is 2.60 bits per heavy atom.